The van der Waals surface area contributed by atoms with Gasteiger partial charge in [-0.2, -0.15) is 0 Å². The smallest absolute Gasteiger partial charge is 0.291 e. The predicted molar refractivity (Wildman–Crippen MR) is 54.9 cm³/mol. The minimum absolute atomic E-state index is 0.153. The van der Waals surface area contributed by atoms with Crippen molar-refractivity contribution in [3.05, 3.63) is 10.1 Å². The molecule has 0 aromatic heterocycles. The zero-order valence-electron chi connectivity index (χ0n) is 8.70. The maximum absolute atomic E-state index is 10.8. The Labute approximate surface area is 96.2 Å². The van der Waals surface area contributed by atoms with Crippen LogP contribution in [0.15, 0.2) is 0 Å². The Morgan fingerprint density at radius 3 is 2.75 bits per heavy atom. The van der Waals surface area contributed by atoms with E-state index in [0.29, 0.717) is 6.61 Å². The number of hydrogen-bond donors (Lipinski definition) is 1. The van der Waals surface area contributed by atoms with E-state index in [-0.39, 0.29) is 22.6 Å². The first kappa shape index (κ1) is 13.2. The summed E-state index contributed by atoms with van der Waals surface area (Å²) in [7, 11) is 0. The summed E-state index contributed by atoms with van der Waals surface area (Å²) >= 11 is 1.35. The molecule has 0 radical (unpaired) electrons. The van der Waals surface area contributed by atoms with E-state index in [4.69, 9.17) is 24.8 Å². The molecule has 3 atom stereocenters. The van der Waals surface area contributed by atoms with E-state index >= 15 is 0 Å². The van der Waals surface area contributed by atoms with Gasteiger partial charge >= 0.3 is 0 Å². The second-order valence-corrected chi connectivity index (χ2v) is 4.80. The number of carbonyl (C=O) groups is 1. The van der Waals surface area contributed by atoms with Gasteiger partial charge in [-0.15, -0.1) is 10.1 Å². The quantitative estimate of drug-likeness (QED) is 0.534. The Bertz CT molecular complexity index is 269. The zero-order valence-corrected chi connectivity index (χ0v) is 9.51. The Kier molecular flexibility index (Phi) is 4.97. The number of hydrogen-bond acceptors (Lipinski definition) is 6. The lowest BCUT2D eigenvalue weighted by Crippen LogP contribution is -2.25. The summed E-state index contributed by atoms with van der Waals surface area (Å²) in [4.78, 5) is 19.2. The average Bonchev–Trinajstić information content (AvgIpc) is 2.67. The van der Waals surface area contributed by atoms with Crippen LogP contribution in [0, 0.1) is 10.1 Å². The molecule has 8 heteroatoms. The molecule has 2 aliphatic rings. The molecule has 7 nitrogen and oxygen atoms in total. The summed E-state index contributed by atoms with van der Waals surface area (Å²) in [6, 6.07) is 0. The Morgan fingerprint density at radius 2 is 2.19 bits per heavy atom. The highest BCUT2D eigenvalue weighted by Gasteiger charge is 2.42. The molecule has 2 heterocycles. The van der Waals surface area contributed by atoms with Crippen LogP contribution in [0.1, 0.15) is 13.3 Å². The molecule has 2 fully saturated rings. The lowest BCUT2D eigenvalue weighted by atomic mass is 10.2. The van der Waals surface area contributed by atoms with Gasteiger partial charge in [0.05, 0.1) is 24.1 Å². The number of ether oxygens (including phenoxy) is 2. The van der Waals surface area contributed by atoms with Gasteiger partial charge in [-0.1, -0.05) is 11.8 Å². The first-order chi connectivity index (χ1) is 7.50. The Hall–Kier alpha value is -0.860. The molecule has 0 saturated carbocycles. The van der Waals surface area contributed by atoms with Crippen molar-refractivity contribution in [1.29, 1.82) is 0 Å². The highest BCUT2D eigenvalue weighted by molar-refractivity contribution is 8.14. The van der Waals surface area contributed by atoms with Crippen molar-refractivity contribution in [3.8, 4) is 0 Å². The summed E-state index contributed by atoms with van der Waals surface area (Å²) in [5.41, 5.74) is 0. The third-order valence-corrected chi connectivity index (χ3v) is 3.28. The third-order valence-electron chi connectivity index (χ3n) is 2.24. The lowest BCUT2D eigenvalue weighted by molar-refractivity contribution is -0.742. The van der Waals surface area contributed by atoms with Gasteiger partial charge in [-0.25, -0.2) is 0 Å². The van der Waals surface area contributed by atoms with Gasteiger partial charge in [0.25, 0.3) is 5.09 Å². The summed E-state index contributed by atoms with van der Waals surface area (Å²) in [5.74, 6) is 0. The van der Waals surface area contributed by atoms with Crippen LogP contribution in [0.3, 0.4) is 0 Å². The van der Waals surface area contributed by atoms with Gasteiger partial charge in [0, 0.05) is 13.5 Å². The largest absolute Gasteiger partial charge is 0.374 e. The molecular weight excluding hydrogens is 238 g/mol. The van der Waals surface area contributed by atoms with Crippen molar-refractivity contribution in [2.45, 2.75) is 30.8 Å². The first-order valence-electron chi connectivity index (χ1n) is 4.74. The minimum atomic E-state index is -1.50. The van der Waals surface area contributed by atoms with Gasteiger partial charge in [0.2, 0.25) is 0 Å². The van der Waals surface area contributed by atoms with Crippen LogP contribution in [0.4, 0.5) is 0 Å². The van der Waals surface area contributed by atoms with Gasteiger partial charge < -0.3 is 14.7 Å². The molecule has 0 bridgehead atoms. The molecule has 2 rings (SSSR count). The molecule has 2 aliphatic heterocycles. The highest BCUT2D eigenvalue weighted by atomic mass is 32.2. The molecule has 0 aliphatic carbocycles. The topological polar surface area (TPSA) is 98.9 Å². The van der Waals surface area contributed by atoms with E-state index < -0.39 is 5.09 Å². The molecule has 1 unspecified atom stereocenters. The zero-order chi connectivity index (χ0) is 12.1. The number of carbonyl (C=O) groups excluding carboxylic acids is 1. The fraction of sp³-hybridized carbons (Fsp3) is 0.875. The van der Waals surface area contributed by atoms with Crippen LogP contribution in [0.2, 0.25) is 0 Å². The van der Waals surface area contributed by atoms with Crippen molar-refractivity contribution in [2.24, 2.45) is 0 Å². The van der Waals surface area contributed by atoms with Crippen molar-refractivity contribution in [1.82, 2.24) is 0 Å². The van der Waals surface area contributed by atoms with E-state index in [2.05, 4.69) is 0 Å². The van der Waals surface area contributed by atoms with Crippen LogP contribution >= 0.6 is 11.8 Å². The maximum Gasteiger partial charge on any atom is 0.291 e. The fourth-order valence-electron chi connectivity index (χ4n) is 1.74. The normalized spacial score (nSPS) is 31.4. The third kappa shape index (κ3) is 3.95. The Morgan fingerprint density at radius 1 is 1.56 bits per heavy atom. The molecule has 0 spiro atoms. The number of thioether (sulfide) groups is 1. The van der Waals surface area contributed by atoms with Crippen molar-refractivity contribution >= 4 is 16.9 Å². The second kappa shape index (κ2) is 6.02. The fourth-order valence-corrected chi connectivity index (χ4v) is 2.71. The molecular formula is C8H13NO6S. The maximum atomic E-state index is 10.8. The monoisotopic (exact) mass is 251 g/mol. The van der Waals surface area contributed by atoms with Crippen LogP contribution < -0.4 is 0 Å². The molecule has 0 aromatic carbocycles. The number of nitrogens with zero attached hydrogens (tertiary/aromatic N) is 1. The summed E-state index contributed by atoms with van der Waals surface area (Å²) in [6.45, 7) is 3.04. The number of fused-ring (bicyclic) bond motifs is 1. The van der Waals surface area contributed by atoms with Crippen molar-refractivity contribution in [3.63, 3.8) is 0 Å². The van der Waals surface area contributed by atoms with E-state index in [1.807, 2.05) is 0 Å². The van der Waals surface area contributed by atoms with Crippen molar-refractivity contribution < 1.29 is 24.6 Å². The Balaban J connectivity index is 0.000000280. The molecule has 16 heavy (non-hydrogen) atoms. The molecule has 0 amide bonds. The van der Waals surface area contributed by atoms with E-state index in [0.717, 1.165) is 13.0 Å². The van der Waals surface area contributed by atoms with Crippen LogP contribution in [-0.2, 0) is 14.3 Å². The van der Waals surface area contributed by atoms with E-state index in [1.165, 1.54) is 11.8 Å². The summed E-state index contributed by atoms with van der Waals surface area (Å²) in [5, 5.41) is 14.0. The van der Waals surface area contributed by atoms with E-state index in [1.54, 1.807) is 6.92 Å². The van der Waals surface area contributed by atoms with Gasteiger partial charge in [-0.05, 0) is 6.42 Å². The van der Waals surface area contributed by atoms with Crippen LogP contribution in [-0.4, -0.2) is 46.1 Å². The van der Waals surface area contributed by atoms with Crippen LogP contribution in [0.25, 0.3) is 0 Å². The average molecular weight is 251 g/mol. The van der Waals surface area contributed by atoms with Gasteiger partial charge in [0.1, 0.15) is 0 Å². The van der Waals surface area contributed by atoms with Crippen molar-refractivity contribution in [2.75, 3.05) is 13.2 Å². The second-order valence-electron chi connectivity index (χ2n) is 3.38. The first-order valence-corrected chi connectivity index (χ1v) is 5.62. The summed E-state index contributed by atoms with van der Waals surface area (Å²) in [6.07, 6.45) is 1.40. The lowest BCUT2D eigenvalue weighted by Gasteiger charge is -2.12. The van der Waals surface area contributed by atoms with Gasteiger partial charge in [-0.3, -0.25) is 4.79 Å². The van der Waals surface area contributed by atoms with E-state index in [9.17, 15) is 4.79 Å². The highest BCUT2D eigenvalue weighted by Crippen LogP contribution is 2.33. The minimum Gasteiger partial charge on any atom is -0.374 e. The summed E-state index contributed by atoms with van der Waals surface area (Å²) < 4.78 is 11.0. The van der Waals surface area contributed by atoms with Gasteiger partial charge in [0.15, 0.2) is 5.12 Å². The standard InChI is InChI=1S/C8H12O3S.HNO3/c1-5(9)12-7-4-11-6-2-3-10-8(6)7;2-1(3)4/h6-8H,2-4H2,1H3;(H,2,3,4)/t6-,7?,8+;/m1./s1. The molecule has 92 valence electrons. The van der Waals surface area contributed by atoms with Crippen LogP contribution in [0.5, 0.6) is 0 Å². The molecule has 1 N–H and O–H groups in total. The molecule has 0 aromatic rings. The predicted octanol–water partition coefficient (Wildman–Crippen LogP) is 0.475. The SMILES string of the molecule is CC(=O)SC1CO[C@@H]2CCO[C@H]12.O=[N+]([O-])O. The number of rotatable bonds is 1. The molecule has 2 saturated heterocycles.